The Morgan fingerprint density at radius 3 is 2.70 bits per heavy atom. The Balaban J connectivity index is 2.20. The number of nitrogens with zero attached hydrogens (tertiary/aromatic N) is 3. The molecule has 2 rings (SSSR count). The third-order valence-electron chi connectivity index (χ3n) is 3.33. The van der Waals surface area contributed by atoms with Gasteiger partial charge >= 0.3 is 5.97 Å². The predicted molar refractivity (Wildman–Crippen MR) is 89.7 cm³/mol. The molecule has 1 amide bonds. The van der Waals surface area contributed by atoms with E-state index in [0.29, 0.717) is 5.69 Å². The molecule has 2 aromatic rings. The smallest absolute Gasteiger partial charge is 0.305 e. The largest absolute Gasteiger partial charge is 0.481 e. The Hall–Kier alpha value is -2.15. The molecule has 122 valence electrons. The molecule has 1 N–H and O–H groups in total. The van der Waals surface area contributed by atoms with Crippen LogP contribution in [0.4, 0.5) is 0 Å². The molecule has 1 aromatic carbocycles. The zero-order chi connectivity index (χ0) is 17.0. The van der Waals surface area contributed by atoms with E-state index in [1.54, 1.807) is 16.9 Å². The number of benzene rings is 1. The van der Waals surface area contributed by atoms with Gasteiger partial charge < -0.3 is 10.0 Å². The van der Waals surface area contributed by atoms with Crippen molar-refractivity contribution in [3.05, 3.63) is 46.7 Å². The first-order valence-electron chi connectivity index (χ1n) is 7.23. The average Bonchev–Trinajstić information content (AvgIpc) is 2.96. The topological polar surface area (TPSA) is 75.4 Å². The lowest BCUT2D eigenvalue weighted by atomic mass is 10.2. The minimum Gasteiger partial charge on any atom is -0.481 e. The number of hydrogen-bond donors (Lipinski definition) is 1. The molecule has 1 aromatic heterocycles. The number of aromatic nitrogens is 2. The Labute approximate surface area is 142 Å². The van der Waals surface area contributed by atoms with Crippen molar-refractivity contribution in [3.63, 3.8) is 0 Å². The molecule has 0 saturated carbocycles. The summed E-state index contributed by atoms with van der Waals surface area (Å²) in [4.78, 5) is 24.8. The van der Waals surface area contributed by atoms with Crippen molar-refractivity contribution in [2.24, 2.45) is 0 Å². The van der Waals surface area contributed by atoms with Crippen molar-refractivity contribution in [3.8, 4) is 5.69 Å². The Morgan fingerprint density at radius 1 is 1.35 bits per heavy atom. The molecule has 6 nitrogen and oxygen atoms in total. The lowest BCUT2D eigenvalue weighted by Crippen LogP contribution is -2.38. The minimum atomic E-state index is -0.928. The molecule has 0 unspecified atom stereocenters. The number of amides is 1. The van der Waals surface area contributed by atoms with Gasteiger partial charge in [0.05, 0.1) is 12.1 Å². The van der Waals surface area contributed by atoms with Gasteiger partial charge in [-0.1, -0.05) is 22.0 Å². The summed E-state index contributed by atoms with van der Waals surface area (Å²) in [5.41, 5.74) is 1.13. The third kappa shape index (κ3) is 4.41. The fourth-order valence-electron chi connectivity index (χ4n) is 2.16. The van der Waals surface area contributed by atoms with Gasteiger partial charge in [-0.25, -0.2) is 4.68 Å². The molecular weight excluding hydrogens is 362 g/mol. The summed E-state index contributed by atoms with van der Waals surface area (Å²) >= 11 is 3.40. The molecule has 0 aliphatic heterocycles. The third-order valence-corrected chi connectivity index (χ3v) is 3.82. The van der Waals surface area contributed by atoms with Gasteiger partial charge in [0.15, 0.2) is 5.69 Å². The summed E-state index contributed by atoms with van der Waals surface area (Å²) < 4.78 is 2.54. The lowest BCUT2D eigenvalue weighted by Gasteiger charge is -2.25. The maximum absolute atomic E-state index is 12.6. The number of carbonyl (C=O) groups is 2. The van der Waals surface area contributed by atoms with E-state index in [1.165, 1.54) is 4.90 Å². The Kier molecular flexibility index (Phi) is 5.54. The highest BCUT2D eigenvalue weighted by Crippen LogP contribution is 2.16. The molecule has 0 aliphatic rings. The fourth-order valence-corrected chi connectivity index (χ4v) is 2.55. The molecule has 0 saturated heterocycles. The van der Waals surface area contributed by atoms with E-state index >= 15 is 0 Å². The van der Waals surface area contributed by atoms with Gasteiger partial charge in [0, 0.05) is 23.3 Å². The molecule has 7 heteroatoms. The first-order chi connectivity index (χ1) is 10.9. The second-order valence-corrected chi connectivity index (χ2v) is 6.28. The van der Waals surface area contributed by atoms with Crippen LogP contribution in [0.3, 0.4) is 0 Å². The van der Waals surface area contributed by atoms with Crippen molar-refractivity contribution in [1.82, 2.24) is 14.7 Å². The molecule has 0 aliphatic carbocycles. The van der Waals surface area contributed by atoms with E-state index < -0.39 is 5.97 Å². The quantitative estimate of drug-likeness (QED) is 0.836. The first kappa shape index (κ1) is 17.2. The number of rotatable bonds is 6. The molecule has 0 bridgehead atoms. The zero-order valence-electron chi connectivity index (χ0n) is 12.9. The summed E-state index contributed by atoms with van der Waals surface area (Å²) in [5, 5.41) is 13.1. The summed E-state index contributed by atoms with van der Waals surface area (Å²) in [6.45, 7) is 3.87. The molecule has 0 radical (unpaired) electrons. The monoisotopic (exact) mass is 379 g/mol. The van der Waals surface area contributed by atoms with Crippen molar-refractivity contribution in [2.45, 2.75) is 26.3 Å². The second-order valence-electron chi connectivity index (χ2n) is 5.36. The summed E-state index contributed by atoms with van der Waals surface area (Å²) in [6, 6.07) is 9.11. The average molecular weight is 380 g/mol. The summed E-state index contributed by atoms with van der Waals surface area (Å²) in [5.74, 6) is -1.20. The molecule has 23 heavy (non-hydrogen) atoms. The standard InChI is InChI=1S/C16H18BrN3O3/c1-11(2)19(8-7-15(21)22)16(23)14-6-9-20(18-14)13-5-3-4-12(17)10-13/h3-6,9-11H,7-8H2,1-2H3,(H,21,22). The minimum absolute atomic E-state index is 0.0870. The van der Waals surface area contributed by atoms with Crippen LogP contribution < -0.4 is 0 Å². The van der Waals surface area contributed by atoms with Crippen LogP contribution in [0.5, 0.6) is 0 Å². The van der Waals surface area contributed by atoms with Gasteiger partial charge in [0.2, 0.25) is 0 Å². The van der Waals surface area contributed by atoms with Gasteiger partial charge in [0.1, 0.15) is 0 Å². The molecule has 0 spiro atoms. The van der Waals surface area contributed by atoms with Crippen molar-refractivity contribution >= 4 is 27.8 Å². The highest BCUT2D eigenvalue weighted by molar-refractivity contribution is 9.10. The Bertz CT molecular complexity index is 712. The molecule has 0 atom stereocenters. The normalized spacial score (nSPS) is 10.8. The van der Waals surface area contributed by atoms with Crippen LogP contribution in [0.1, 0.15) is 30.8 Å². The number of aliphatic carboxylic acids is 1. The van der Waals surface area contributed by atoms with E-state index in [2.05, 4.69) is 21.0 Å². The molecule has 1 heterocycles. The van der Waals surface area contributed by atoms with Crippen molar-refractivity contribution < 1.29 is 14.7 Å². The van der Waals surface area contributed by atoms with Gasteiger partial charge in [-0.2, -0.15) is 5.10 Å². The molecular formula is C16H18BrN3O3. The number of halogens is 1. The van der Waals surface area contributed by atoms with E-state index in [9.17, 15) is 9.59 Å². The number of carboxylic acid groups (broad SMARTS) is 1. The van der Waals surface area contributed by atoms with E-state index in [0.717, 1.165) is 10.2 Å². The van der Waals surface area contributed by atoms with Crippen molar-refractivity contribution in [2.75, 3.05) is 6.54 Å². The van der Waals surface area contributed by atoms with Gasteiger partial charge in [0.25, 0.3) is 5.91 Å². The van der Waals surface area contributed by atoms with Crippen LogP contribution in [-0.2, 0) is 4.79 Å². The summed E-state index contributed by atoms with van der Waals surface area (Å²) in [6.07, 6.45) is 1.63. The van der Waals surface area contributed by atoms with Crippen LogP contribution in [0.15, 0.2) is 41.0 Å². The predicted octanol–water partition coefficient (Wildman–Crippen LogP) is 2.96. The van der Waals surface area contributed by atoms with Gasteiger partial charge in [-0.3, -0.25) is 9.59 Å². The van der Waals surface area contributed by atoms with Crippen molar-refractivity contribution in [1.29, 1.82) is 0 Å². The van der Waals surface area contributed by atoms with E-state index in [1.807, 2.05) is 38.1 Å². The lowest BCUT2D eigenvalue weighted by molar-refractivity contribution is -0.137. The van der Waals surface area contributed by atoms with Crippen LogP contribution in [-0.4, -0.2) is 44.3 Å². The first-order valence-corrected chi connectivity index (χ1v) is 8.02. The highest BCUT2D eigenvalue weighted by Gasteiger charge is 2.21. The van der Waals surface area contributed by atoms with E-state index in [4.69, 9.17) is 5.11 Å². The summed E-state index contributed by atoms with van der Waals surface area (Å²) in [7, 11) is 0. The number of hydrogen-bond acceptors (Lipinski definition) is 3. The van der Waals surface area contributed by atoms with E-state index in [-0.39, 0.29) is 24.9 Å². The SMILES string of the molecule is CC(C)N(CCC(=O)O)C(=O)c1ccn(-c2cccc(Br)c2)n1. The van der Waals surface area contributed by atoms with Crippen LogP contribution >= 0.6 is 15.9 Å². The number of carboxylic acids is 1. The van der Waals surface area contributed by atoms with Gasteiger partial charge in [-0.15, -0.1) is 0 Å². The molecule has 0 fully saturated rings. The second kappa shape index (κ2) is 7.41. The fraction of sp³-hybridized carbons (Fsp3) is 0.312. The van der Waals surface area contributed by atoms with Gasteiger partial charge in [-0.05, 0) is 38.1 Å². The maximum atomic E-state index is 12.6. The Morgan fingerprint density at radius 2 is 2.09 bits per heavy atom. The van der Waals surface area contributed by atoms with Crippen LogP contribution in [0.25, 0.3) is 5.69 Å². The highest BCUT2D eigenvalue weighted by atomic mass is 79.9. The van der Waals surface area contributed by atoms with Crippen LogP contribution in [0, 0.1) is 0 Å². The maximum Gasteiger partial charge on any atom is 0.305 e. The zero-order valence-corrected chi connectivity index (χ0v) is 14.5. The van der Waals surface area contributed by atoms with Crippen LogP contribution in [0.2, 0.25) is 0 Å². The number of carbonyl (C=O) groups excluding carboxylic acids is 1.